The van der Waals surface area contributed by atoms with E-state index in [0.717, 1.165) is 48.3 Å². The SMILES string of the molecule is O=C(C1CCCCC1)N1CCc2[nH]nc(-c3cccc(Cl)c3)c2C1. The minimum atomic E-state index is 0.224. The number of hydrogen-bond donors (Lipinski definition) is 1. The molecule has 24 heavy (non-hydrogen) atoms. The van der Waals surface area contributed by atoms with Crippen molar-refractivity contribution < 1.29 is 4.79 Å². The van der Waals surface area contributed by atoms with Crippen molar-refractivity contribution in [3.63, 3.8) is 0 Å². The Bertz CT molecular complexity index is 749. The van der Waals surface area contributed by atoms with E-state index in [1.54, 1.807) is 0 Å². The van der Waals surface area contributed by atoms with Crippen LogP contribution in [0.3, 0.4) is 0 Å². The molecule has 5 heteroatoms. The van der Waals surface area contributed by atoms with Gasteiger partial charge in [-0.25, -0.2) is 0 Å². The zero-order valence-electron chi connectivity index (χ0n) is 13.7. The highest BCUT2D eigenvalue weighted by Crippen LogP contribution is 2.32. The molecule has 0 atom stereocenters. The Morgan fingerprint density at radius 1 is 1.25 bits per heavy atom. The summed E-state index contributed by atoms with van der Waals surface area (Å²) >= 11 is 6.12. The van der Waals surface area contributed by atoms with Gasteiger partial charge in [-0.1, -0.05) is 43.0 Å². The molecule has 1 aliphatic heterocycles. The molecule has 1 aliphatic carbocycles. The first kappa shape index (κ1) is 15.7. The lowest BCUT2D eigenvalue weighted by Gasteiger charge is -2.32. The molecule has 1 amide bonds. The number of nitrogens with zero attached hydrogens (tertiary/aromatic N) is 2. The van der Waals surface area contributed by atoms with Crippen LogP contribution in [0.1, 0.15) is 43.4 Å². The molecule has 126 valence electrons. The fraction of sp³-hybridized carbons (Fsp3) is 0.474. The Morgan fingerprint density at radius 3 is 2.88 bits per heavy atom. The van der Waals surface area contributed by atoms with Gasteiger partial charge in [-0.2, -0.15) is 5.10 Å². The largest absolute Gasteiger partial charge is 0.338 e. The first-order valence-electron chi connectivity index (χ1n) is 8.83. The third kappa shape index (κ3) is 2.95. The van der Waals surface area contributed by atoms with Gasteiger partial charge in [0.15, 0.2) is 0 Å². The molecule has 2 aliphatic rings. The van der Waals surface area contributed by atoms with Crippen molar-refractivity contribution in [3.8, 4) is 11.3 Å². The molecule has 0 radical (unpaired) electrons. The van der Waals surface area contributed by atoms with Gasteiger partial charge in [-0.15, -0.1) is 0 Å². The van der Waals surface area contributed by atoms with Crippen molar-refractivity contribution in [3.05, 3.63) is 40.5 Å². The summed E-state index contributed by atoms with van der Waals surface area (Å²) in [5, 5.41) is 8.35. The lowest BCUT2D eigenvalue weighted by atomic mass is 9.87. The van der Waals surface area contributed by atoms with Crippen molar-refractivity contribution in [2.24, 2.45) is 5.92 Å². The number of hydrogen-bond acceptors (Lipinski definition) is 2. The van der Waals surface area contributed by atoms with Crippen molar-refractivity contribution in [2.45, 2.75) is 45.1 Å². The predicted octanol–water partition coefficient (Wildman–Crippen LogP) is 4.20. The highest BCUT2D eigenvalue weighted by molar-refractivity contribution is 6.30. The third-order valence-corrected chi connectivity index (χ3v) is 5.53. The normalized spacial score (nSPS) is 18.5. The average molecular weight is 344 g/mol. The van der Waals surface area contributed by atoms with Crippen LogP contribution in [0, 0.1) is 5.92 Å². The fourth-order valence-corrected chi connectivity index (χ4v) is 4.16. The molecule has 1 N–H and O–H groups in total. The van der Waals surface area contributed by atoms with Crippen molar-refractivity contribution >= 4 is 17.5 Å². The van der Waals surface area contributed by atoms with E-state index in [1.165, 1.54) is 19.3 Å². The second kappa shape index (κ2) is 6.60. The summed E-state index contributed by atoms with van der Waals surface area (Å²) in [6.45, 7) is 1.45. The number of nitrogens with one attached hydrogen (secondary N) is 1. The van der Waals surface area contributed by atoms with Gasteiger partial charge in [-0.05, 0) is 25.0 Å². The van der Waals surface area contributed by atoms with Gasteiger partial charge in [-0.3, -0.25) is 9.89 Å². The summed E-state index contributed by atoms with van der Waals surface area (Å²) in [6, 6.07) is 7.75. The lowest BCUT2D eigenvalue weighted by molar-refractivity contribution is -0.137. The number of amides is 1. The van der Waals surface area contributed by atoms with Gasteiger partial charge in [0.2, 0.25) is 5.91 Å². The Morgan fingerprint density at radius 2 is 2.08 bits per heavy atom. The lowest BCUT2D eigenvalue weighted by Crippen LogP contribution is -2.40. The topological polar surface area (TPSA) is 49.0 Å². The molecule has 1 fully saturated rings. The molecule has 0 saturated heterocycles. The number of halogens is 1. The first-order valence-corrected chi connectivity index (χ1v) is 9.21. The molecule has 0 unspecified atom stereocenters. The standard InChI is InChI=1S/C19H22ClN3O/c20-15-8-4-7-14(11-15)18-16-12-23(10-9-17(16)21-22-18)19(24)13-5-2-1-3-6-13/h4,7-8,11,13H,1-3,5-6,9-10,12H2,(H,21,22). The summed E-state index contributed by atoms with van der Waals surface area (Å²) in [4.78, 5) is 14.9. The van der Waals surface area contributed by atoms with Crippen molar-refractivity contribution in [2.75, 3.05) is 6.54 Å². The molecule has 1 aromatic carbocycles. The summed E-state index contributed by atoms with van der Waals surface area (Å²) in [5.41, 5.74) is 4.23. The van der Waals surface area contributed by atoms with E-state index < -0.39 is 0 Å². The molecule has 2 aromatic rings. The maximum absolute atomic E-state index is 12.9. The smallest absolute Gasteiger partial charge is 0.225 e. The highest BCUT2D eigenvalue weighted by Gasteiger charge is 2.30. The van der Waals surface area contributed by atoms with E-state index in [9.17, 15) is 4.79 Å². The van der Waals surface area contributed by atoms with E-state index in [2.05, 4.69) is 10.2 Å². The molecule has 4 nitrogen and oxygen atoms in total. The summed E-state index contributed by atoms with van der Waals surface area (Å²) in [7, 11) is 0. The van der Waals surface area contributed by atoms with Crippen molar-refractivity contribution in [1.82, 2.24) is 15.1 Å². The quantitative estimate of drug-likeness (QED) is 0.888. The number of aromatic nitrogens is 2. The second-order valence-electron chi connectivity index (χ2n) is 6.88. The minimum absolute atomic E-state index is 0.224. The van der Waals surface area contributed by atoms with Crippen LogP contribution in [-0.2, 0) is 17.8 Å². The van der Waals surface area contributed by atoms with E-state index in [4.69, 9.17) is 11.6 Å². The van der Waals surface area contributed by atoms with Crippen LogP contribution >= 0.6 is 11.6 Å². The van der Waals surface area contributed by atoms with Gasteiger partial charge in [0, 0.05) is 47.3 Å². The molecule has 2 heterocycles. The number of carbonyl (C=O) groups excluding carboxylic acids is 1. The molecular weight excluding hydrogens is 322 g/mol. The number of benzene rings is 1. The second-order valence-corrected chi connectivity index (χ2v) is 7.32. The molecule has 0 bridgehead atoms. The van der Waals surface area contributed by atoms with Crippen LogP contribution in [0.25, 0.3) is 11.3 Å². The predicted molar refractivity (Wildman–Crippen MR) is 94.7 cm³/mol. The van der Waals surface area contributed by atoms with E-state index in [1.807, 2.05) is 29.2 Å². The van der Waals surface area contributed by atoms with Gasteiger partial charge in [0.25, 0.3) is 0 Å². The fourth-order valence-electron chi connectivity index (χ4n) is 3.97. The number of H-pyrrole nitrogens is 1. The van der Waals surface area contributed by atoms with Crippen LogP contribution in [0.5, 0.6) is 0 Å². The zero-order valence-corrected chi connectivity index (χ0v) is 14.5. The number of carbonyl (C=O) groups is 1. The summed E-state index contributed by atoms with van der Waals surface area (Å²) < 4.78 is 0. The van der Waals surface area contributed by atoms with Crippen LogP contribution in [0.4, 0.5) is 0 Å². The third-order valence-electron chi connectivity index (χ3n) is 5.30. The zero-order chi connectivity index (χ0) is 16.5. The van der Waals surface area contributed by atoms with Crippen LogP contribution in [0.15, 0.2) is 24.3 Å². The Labute approximate surface area is 147 Å². The maximum Gasteiger partial charge on any atom is 0.225 e. The Kier molecular flexibility index (Phi) is 4.31. The van der Waals surface area contributed by atoms with Gasteiger partial charge < -0.3 is 4.90 Å². The van der Waals surface area contributed by atoms with Crippen molar-refractivity contribution in [1.29, 1.82) is 0 Å². The maximum atomic E-state index is 12.9. The first-order chi connectivity index (χ1) is 11.7. The molecular formula is C19H22ClN3O. The van der Waals surface area contributed by atoms with Gasteiger partial charge >= 0.3 is 0 Å². The Hall–Kier alpha value is -1.81. The van der Waals surface area contributed by atoms with Crippen LogP contribution in [-0.4, -0.2) is 27.5 Å². The molecule has 1 aromatic heterocycles. The number of fused-ring (bicyclic) bond motifs is 1. The van der Waals surface area contributed by atoms with E-state index in [0.29, 0.717) is 17.5 Å². The van der Waals surface area contributed by atoms with Crippen LogP contribution in [0.2, 0.25) is 5.02 Å². The van der Waals surface area contributed by atoms with Crippen LogP contribution < -0.4 is 0 Å². The van der Waals surface area contributed by atoms with Gasteiger partial charge in [0.05, 0.1) is 5.69 Å². The average Bonchev–Trinajstić information content (AvgIpc) is 3.05. The monoisotopic (exact) mass is 343 g/mol. The van der Waals surface area contributed by atoms with E-state index in [-0.39, 0.29) is 5.92 Å². The summed E-state index contributed by atoms with van der Waals surface area (Å²) in [6.07, 6.45) is 6.60. The summed E-state index contributed by atoms with van der Waals surface area (Å²) in [5.74, 6) is 0.556. The Balaban J connectivity index is 1.58. The molecule has 4 rings (SSSR count). The molecule has 1 saturated carbocycles. The van der Waals surface area contributed by atoms with Gasteiger partial charge in [0.1, 0.15) is 0 Å². The van der Waals surface area contributed by atoms with E-state index >= 15 is 0 Å². The number of aromatic amines is 1. The highest BCUT2D eigenvalue weighted by atomic mass is 35.5. The molecule has 0 spiro atoms. The number of rotatable bonds is 2. The minimum Gasteiger partial charge on any atom is -0.338 e.